The fraction of sp³-hybridized carbons (Fsp3) is 0.381. The van der Waals surface area contributed by atoms with Crippen molar-refractivity contribution in [1.82, 2.24) is 10.2 Å². The molecule has 0 spiro atoms. The number of nitrogens with zero attached hydrogens (tertiary/aromatic N) is 2. The van der Waals surface area contributed by atoms with E-state index in [0.29, 0.717) is 13.1 Å². The van der Waals surface area contributed by atoms with Crippen molar-refractivity contribution in [1.29, 1.82) is 0 Å². The molecule has 0 radical (unpaired) electrons. The van der Waals surface area contributed by atoms with Crippen LogP contribution >= 0.6 is 0 Å². The SMILES string of the molecule is CNCCC(Oc1ccccc1N1CCN(C)CC1=O)c1ccccc1. The van der Waals surface area contributed by atoms with E-state index >= 15 is 0 Å². The molecular weight excluding hydrogens is 326 g/mol. The number of para-hydroxylation sites is 2. The lowest BCUT2D eigenvalue weighted by atomic mass is 10.1. The molecule has 1 aliphatic heterocycles. The lowest BCUT2D eigenvalue weighted by molar-refractivity contribution is -0.120. The van der Waals surface area contributed by atoms with Crippen molar-refractivity contribution in [3.05, 3.63) is 60.2 Å². The predicted octanol–water partition coefficient (Wildman–Crippen LogP) is 2.69. The minimum absolute atomic E-state index is 0.0626. The molecule has 5 nitrogen and oxygen atoms in total. The van der Waals surface area contributed by atoms with E-state index in [0.717, 1.165) is 36.5 Å². The van der Waals surface area contributed by atoms with E-state index in [4.69, 9.17) is 4.74 Å². The normalized spacial score (nSPS) is 16.5. The summed E-state index contributed by atoms with van der Waals surface area (Å²) in [6, 6.07) is 18.1. The summed E-state index contributed by atoms with van der Waals surface area (Å²) in [5, 5.41) is 3.19. The number of carbonyl (C=O) groups is 1. The highest BCUT2D eigenvalue weighted by Gasteiger charge is 2.26. The number of likely N-dealkylation sites (N-methyl/N-ethyl adjacent to an activating group) is 1. The van der Waals surface area contributed by atoms with Gasteiger partial charge in [0.1, 0.15) is 11.9 Å². The fourth-order valence-electron chi connectivity index (χ4n) is 3.22. The van der Waals surface area contributed by atoms with Crippen molar-refractivity contribution in [2.45, 2.75) is 12.5 Å². The average molecular weight is 353 g/mol. The number of carbonyl (C=O) groups excluding carboxylic acids is 1. The summed E-state index contributed by atoms with van der Waals surface area (Å²) in [6.07, 6.45) is 0.790. The van der Waals surface area contributed by atoms with E-state index in [1.165, 1.54) is 0 Å². The molecule has 2 aromatic rings. The number of piperazine rings is 1. The predicted molar refractivity (Wildman–Crippen MR) is 105 cm³/mol. The number of hydrogen-bond acceptors (Lipinski definition) is 4. The Kier molecular flexibility index (Phi) is 6.26. The Morgan fingerprint density at radius 2 is 1.81 bits per heavy atom. The summed E-state index contributed by atoms with van der Waals surface area (Å²) in [6.45, 7) is 2.84. The molecule has 0 saturated carbocycles. The first-order valence-corrected chi connectivity index (χ1v) is 9.13. The van der Waals surface area contributed by atoms with Crippen LogP contribution in [0.4, 0.5) is 5.69 Å². The summed E-state index contributed by atoms with van der Waals surface area (Å²) in [7, 11) is 3.92. The van der Waals surface area contributed by atoms with Gasteiger partial charge >= 0.3 is 0 Å². The highest BCUT2D eigenvalue weighted by Crippen LogP contribution is 2.33. The number of ether oxygens (including phenoxy) is 1. The van der Waals surface area contributed by atoms with E-state index in [9.17, 15) is 4.79 Å². The lowest BCUT2D eigenvalue weighted by Crippen LogP contribution is -2.49. The van der Waals surface area contributed by atoms with Gasteiger partial charge in [0.05, 0.1) is 12.2 Å². The minimum Gasteiger partial charge on any atom is -0.483 e. The monoisotopic (exact) mass is 353 g/mol. The maximum absolute atomic E-state index is 12.5. The molecule has 1 heterocycles. The number of nitrogens with one attached hydrogen (secondary N) is 1. The van der Waals surface area contributed by atoms with E-state index in [-0.39, 0.29) is 12.0 Å². The molecule has 3 rings (SSSR count). The number of amides is 1. The standard InChI is InChI=1S/C21H27N3O2/c1-22-13-12-19(17-8-4-3-5-9-17)26-20-11-7-6-10-18(20)24-15-14-23(2)16-21(24)25/h3-11,19,22H,12-16H2,1-2H3. The largest absolute Gasteiger partial charge is 0.483 e. The summed E-state index contributed by atoms with van der Waals surface area (Å²) in [5.41, 5.74) is 2.00. The molecule has 26 heavy (non-hydrogen) atoms. The molecule has 0 aliphatic carbocycles. The van der Waals surface area contributed by atoms with Crippen molar-refractivity contribution in [3.63, 3.8) is 0 Å². The molecule has 2 aromatic carbocycles. The molecule has 1 saturated heterocycles. The van der Waals surface area contributed by atoms with Gasteiger partial charge in [-0.3, -0.25) is 9.69 Å². The summed E-state index contributed by atoms with van der Waals surface area (Å²) in [5.74, 6) is 0.872. The number of anilines is 1. The van der Waals surface area contributed by atoms with Crippen LogP contribution in [0.1, 0.15) is 18.1 Å². The number of benzene rings is 2. The van der Waals surface area contributed by atoms with Gasteiger partial charge in [-0.1, -0.05) is 42.5 Å². The molecule has 0 bridgehead atoms. The minimum atomic E-state index is -0.0626. The van der Waals surface area contributed by atoms with E-state index in [1.807, 2.05) is 66.4 Å². The van der Waals surface area contributed by atoms with Crippen LogP contribution in [0.25, 0.3) is 0 Å². The van der Waals surface area contributed by atoms with E-state index in [1.54, 1.807) is 0 Å². The zero-order chi connectivity index (χ0) is 18.4. The molecule has 5 heteroatoms. The van der Waals surface area contributed by atoms with Crippen molar-refractivity contribution in [2.24, 2.45) is 0 Å². The van der Waals surface area contributed by atoms with Gasteiger partial charge in [-0.25, -0.2) is 0 Å². The Morgan fingerprint density at radius 3 is 2.54 bits per heavy atom. The Hall–Kier alpha value is -2.37. The molecule has 1 N–H and O–H groups in total. The topological polar surface area (TPSA) is 44.8 Å². The molecule has 0 aromatic heterocycles. The number of rotatable bonds is 7. The maximum Gasteiger partial charge on any atom is 0.241 e. The van der Waals surface area contributed by atoms with Crippen LogP contribution in [0.3, 0.4) is 0 Å². The first-order chi connectivity index (χ1) is 12.7. The highest BCUT2D eigenvalue weighted by molar-refractivity contribution is 5.96. The smallest absolute Gasteiger partial charge is 0.241 e. The van der Waals surface area contributed by atoms with Gasteiger partial charge in [-0.15, -0.1) is 0 Å². The van der Waals surface area contributed by atoms with Gasteiger partial charge in [0.15, 0.2) is 0 Å². The molecule has 1 aliphatic rings. The summed E-state index contributed by atoms with van der Waals surface area (Å²) in [4.78, 5) is 16.4. The van der Waals surface area contributed by atoms with Crippen LogP contribution in [0.15, 0.2) is 54.6 Å². The van der Waals surface area contributed by atoms with Gasteiger partial charge in [0.25, 0.3) is 0 Å². The first-order valence-electron chi connectivity index (χ1n) is 9.13. The van der Waals surface area contributed by atoms with Crippen LogP contribution in [0.5, 0.6) is 5.75 Å². The van der Waals surface area contributed by atoms with E-state index in [2.05, 4.69) is 17.4 Å². The zero-order valence-corrected chi connectivity index (χ0v) is 15.5. The van der Waals surface area contributed by atoms with Crippen molar-refractivity contribution in [3.8, 4) is 5.75 Å². The highest BCUT2D eigenvalue weighted by atomic mass is 16.5. The van der Waals surface area contributed by atoms with Gasteiger partial charge in [-0.2, -0.15) is 0 Å². The van der Waals surface area contributed by atoms with Gasteiger partial charge in [0.2, 0.25) is 5.91 Å². The van der Waals surface area contributed by atoms with Crippen LogP contribution in [-0.4, -0.2) is 51.1 Å². The molecule has 1 unspecified atom stereocenters. The lowest BCUT2D eigenvalue weighted by Gasteiger charge is -2.33. The fourth-order valence-corrected chi connectivity index (χ4v) is 3.22. The second kappa shape index (κ2) is 8.83. The first kappa shape index (κ1) is 18.4. The molecular formula is C21H27N3O2. The molecule has 138 valence electrons. The second-order valence-corrected chi connectivity index (χ2v) is 6.66. The quantitative estimate of drug-likeness (QED) is 0.831. The van der Waals surface area contributed by atoms with Crippen LogP contribution < -0.4 is 15.0 Å². The Morgan fingerprint density at radius 1 is 1.08 bits per heavy atom. The van der Waals surface area contributed by atoms with Crippen LogP contribution in [0, 0.1) is 0 Å². The Balaban J connectivity index is 1.85. The van der Waals surface area contributed by atoms with E-state index < -0.39 is 0 Å². The molecule has 1 fully saturated rings. The Labute approximate surface area is 155 Å². The number of hydrogen-bond donors (Lipinski definition) is 1. The summed E-state index contributed by atoms with van der Waals surface area (Å²) >= 11 is 0. The van der Waals surface area contributed by atoms with Gasteiger partial charge < -0.3 is 15.0 Å². The maximum atomic E-state index is 12.5. The van der Waals surface area contributed by atoms with Crippen molar-refractivity contribution < 1.29 is 9.53 Å². The summed E-state index contributed by atoms with van der Waals surface area (Å²) < 4.78 is 6.41. The molecule has 1 atom stereocenters. The third-order valence-electron chi connectivity index (χ3n) is 4.66. The van der Waals surface area contributed by atoms with Gasteiger partial charge in [0, 0.05) is 19.5 Å². The average Bonchev–Trinajstić information content (AvgIpc) is 2.66. The third-order valence-corrected chi connectivity index (χ3v) is 4.66. The van der Waals surface area contributed by atoms with Crippen LogP contribution in [0.2, 0.25) is 0 Å². The van der Waals surface area contributed by atoms with Crippen molar-refractivity contribution >= 4 is 11.6 Å². The van der Waals surface area contributed by atoms with Gasteiger partial charge in [-0.05, 0) is 38.3 Å². The zero-order valence-electron chi connectivity index (χ0n) is 15.5. The Bertz CT molecular complexity index is 720. The second-order valence-electron chi connectivity index (χ2n) is 6.66. The van der Waals surface area contributed by atoms with Crippen LogP contribution in [-0.2, 0) is 4.79 Å². The molecule has 1 amide bonds. The van der Waals surface area contributed by atoms with Crippen molar-refractivity contribution in [2.75, 3.05) is 45.2 Å². The third kappa shape index (κ3) is 4.42.